The molecule has 2 atom stereocenters. The van der Waals surface area contributed by atoms with Crippen LogP contribution in [0.2, 0.25) is 5.02 Å². The molecule has 5 rings (SSSR count). The second-order valence-corrected chi connectivity index (χ2v) is 7.43. The van der Waals surface area contributed by atoms with Crippen molar-refractivity contribution in [2.45, 2.75) is 31.5 Å². The van der Waals surface area contributed by atoms with Crippen LogP contribution in [0.5, 0.6) is 0 Å². The van der Waals surface area contributed by atoms with Crippen LogP contribution in [0.1, 0.15) is 35.4 Å². The number of oxazole rings is 1. The van der Waals surface area contributed by atoms with E-state index in [1.165, 1.54) is 15.7 Å². The van der Waals surface area contributed by atoms with Crippen LogP contribution >= 0.6 is 11.6 Å². The predicted octanol–water partition coefficient (Wildman–Crippen LogP) is 4.58. The lowest BCUT2D eigenvalue weighted by molar-refractivity contribution is -0.0399. The fraction of sp³-hybridized carbons (Fsp3) is 0.286. The third kappa shape index (κ3) is 2.65. The Bertz CT molecular complexity index is 1130. The molecule has 0 spiro atoms. The number of aryl methyl sites for hydroxylation is 1. The maximum atomic E-state index is 11.7. The van der Waals surface area contributed by atoms with Crippen molar-refractivity contribution in [3.63, 3.8) is 0 Å². The number of hydrogen-bond donors (Lipinski definition) is 0. The van der Waals surface area contributed by atoms with Crippen molar-refractivity contribution in [1.29, 1.82) is 0 Å². The zero-order valence-electron chi connectivity index (χ0n) is 14.8. The lowest BCUT2D eigenvalue weighted by atomic mass is 9.82. The Morgan fingerprint density at radius 1 is 1.22 bits per heavy atom. The topological polar surface area (TPSA) is 53.6 Å². The van der Waals surface area contributed by atoms with E-state index in [1.54, 1.807) is 19.4 Å². The van der Waals surface area contributed by atoms with Gasteiger partial charge in [0.25, 0.3) is 0 Å². The number of benzene rings is 2. The summed E-state index contributed by atoms with van der Waals surface area (Å²) in [5.74, 6) is 0.399. The van der Waals surface area contributed by atoms with Crippen molar-refractivity contribution in [3.8, 4) is 0 Å². The molecule has 27 heavy (non-hydrogen) atoms. The van der Waals surface area contributed by atoms with Crippen LogP contribution < -0.4 is 5.76 Å². The van der Waals surface area contributed by atoms with E-state index in [2.05, 4.69) is 6.07 Å². The first-order valence-electron chi connectivity index (χ1n) is 9.01. The summed E-state index contributed by atoms with van der Waals surface area (Å²) in [6, 6.07) is 11.6. The van der Waals surface area contributed by atoms with E-state index in [4.69, 9.17) is 25.5 Å². The molecule has 2 heterocycles. The van der Waals surface area contributed by atoms with Crippen LogP contribution in [0.15, 0.2) is 51.9 Å². The van der Waals surface area contributed by atoms with E-state index >= 15 is 0 Å². The highest BCUT2D eigenvalue weighted by Gasteiger charge is 2.34. The van der Waals surface area contributed by atoms with Crippen LogP contribution in [-0.2, 0) is 22.9 Å². The molecule has 1 aliphatic carbocycles. The minimum Gasteiger partial charge on any atom is -0.458 e. The molecule has 2 aromatic carbocycles. The Labute approximate surface area is 160 Å². The molecule has 2 aliphatic rings. The molecule has 0 fully saturated rings. The highest BCUT2D eigenvalue weighted by molar-refractivity contribution is 6.31. The first-order chi connectivity index (χ1) is 13.1. The highest BCUT2D eigenvalue weighted by atomic mass is 35.5. The Morgan fingerprint density at radius 2 is 2.11 bits per heavy atom. The monoisotopic (exact) mass is 383 g/mol. The Morgan fingerprint density at radius 3 is 3.00 bits per heavy atom. The molecule has 2 unspecified atom stereocenters. The average Bonchev–Trinajstić information content (AvgIpc) is 3.27. The zero-order valence-corrected chi connectivity index (χ0v) is 15.5. The third-order valence-electron chi connectivity index (χ3n) is 5.45. The lowest BCUT2D eigenvalue weighted by Crippen LogP contribution is -2.24. The van der Waals surface area contributed by atoms with E-state index in [9.17, 15) is 4.79 Å². The van der Waals surface area contributed by atoms with Gasteiger partial charge in [0.1, 0.15) is 6.26 Å². The van der Waals surface area contributed by atoms with Gasteiger partial charge in [-0.05, 0) is 54.7 Å². The molecule has 0 amide bonds. The Kier molecular flexibility index (Phi) is 3.79. The van der Waals surface area contributed by atoms with E-state index in [0.717, 1.165) is 35.4 Å². The number of ether oxygens (including phenoxy) is 2. The number of nitrogens with zero attached hydrogens (tertiary/aromatic N) is 1. The van der Waals surface area contributed by atoms with Gasteiger partial charge in [-0.2, -0.15) is 0 Å². The maximum absolute atomic E-state index is 11.7. The fourth-order valence-corrected chi connectivity index (χ4v) is 4.31. The summed E-state index contributed by atoms with van der Waals surface area (Å²) in [6.45, 7) is 0. The van der Waals surface area contributed by atoms with Crippen molar-refractivity contribution in [1.82, 2.24) is 4.57 Å². The second-order valence-electron chi connectivity index (χ2n) is 7.02. The van der Waals surface area contributed by atoms with Gasteiger partial charge in [0.15, 0.2) is 11.3 Å². The van der Waals surface area contributed by atoms with Gasteiger partial charge in [-0.15, -0.1) is 0 Å². The highest BCUT2D eigenvalue weighted by Crippen LogP contribution is 2.41. The minimum absolute atomic E-state index is 0.139. The predicted molar refractivity (Wildman–Crippen MR) is 103 cm³/mol. The molecule has 1 aromatic heterocycles. The number of aromatic nitrogens is 1. The van der Waals surface area contributed by atoms with E-state index in [-0.39, 0.29) is 18.0 Å². The van der Waals surface area contributed by atoms with Gasteiger partial charge in [0.05, 0.1) is 11.4 Å². The molecule has 6 heteroatoms. The summed E-state index contributed by atoms with van der Waals surface area (Å²) in [6.07, 6.45) is 4.30. The van der Waals surface area contributed by atoms with Crippen LogP contribution in [0.3, 0.4) is 0 Å². The van der Waals surface area contributed by atoms with E-state index in [0.29, 0.717) is 11.3 Å². The van der Waals surface area contributed by atoms with Gasteiger partial charge in [0, 0.05) is 17.6 Å². The van der Waals surface area contributed by atoms with Gasteiger partial charge >= 0.3 is 5.76 Å². The first kappa shape index (κ1) is 16.5. The second kappa shape index (κ2) is 6.20. The average molecular weight is 384 g/mol. The van der Waals surface area contributed by atoms with Crippen molar-refractivity contribution >= 4 is 28.5 Å². The number of rotatable bonds is 2. The van der Waals surface area contributed by atoms with Gasteiger partial charge in [0.2, 0.25) is 6.29 Å². The van der Waals surface area contributed by atoms with Gasteiger partial charge in [-0.1, -0.05) is 23.7 Å². The van der Waals surface area contributed by atoms with Gasteiger partial charge in [-0.25, -0.2) is 4.79 Å². The van der Waals surface area contributed by atoms with Crippen LogP contribution in [0, 0.1) is 0 Å². The molecule has 3 aromatic rings. The number of hydrogen-bond acceptors (Lipinski definition) is 4. The van der Waals surface area contributed by atoms with Crippen molar-refractivity contribution in [2.24, 2.45) is 7.05 Å². The van der Waals surface area contributed by atoms with Crippen LogP contribution in [0.25, 0.3) is 16.9 Å². The molecule has 0 saturated heterocycles. The van der Waals surface area contributed by atoms with Crippen molar-refractivity contribution in [3.05, 3.63) is 74.9 Å². The zero-order chi connectivity index (χ0) is 18.5. The van der Waals surface area contributed by atoms with Crippen molar-refractivity contribution < 1.29 is 13.9 Å². The van der Waals surface area contributed by atoms with Gasteiger partial charge in [-0.3, -0.25) is 4.57 Å². The van der Waals surface area contributed by atoms with Crippen molar-refractivity contribution in [2.75, 3.05) is 0 Å². The molecule has 0 radical (unpaired) electrons. The molecule has 138 valence electrons. The normalized spacial score (nSPS) is 21.5. The Hall–Kier alpha value is -2.66. The maximum Gasteiger partial charge on any atom is 0.419 e. The summed E-state index contributed by atoms with van der Waals surface area (Å²) in [4.78, 5) is 11.7. The summed E-state index contributed by atoms with van der Waals surface area (Å²) >= 11 is 6.38. The van der Waals surface area contributed by atoms with E-state index < -0.39 is 0 Å². The Balaban J connectivity index is 1.42. The number of halogens is 1. The number of fused-ring (bicyclic) bond motifs is 2. The minimum atomic E-state index is -0.381. The molecule has 0 saturated carbocycles. The standard InChI is InChI=1S/C21H18ClNO4/c1-23-17-9-8-12(10-18(17)27-21(23)24)19-11-25-20(26-19)15-6-2-5-14-13(15)4-3-7-16(14)22/h3-4,7-11,15,20H,2,5-6H2,1H3. The van der Waals surface area contributed by atoms with Crippen LogP contribution in [0.4, 0.5) is 0 Å². The molecular formula is C21H18ClNO4. The molecular weight excluding hydrogens is 366 g/mol. The third-order valence-corrected chi connectivity index (χ3v) is 5.81. The smallest absolute Gasteiger partial charge is 0.419 e. The molecule has 0 N–H and O–H groups in total. The largest absolute Gasteiger partial charge is 0.458 e. The SMILES string of the molecule is Cn1c(=O)oc2cc(C3=COC(C4CCCc5c(Cl)cccc54)O3)ccc21. The van der Waals surface area contributed by atoms with Crippen LogP contribution in [-0.4, -0.2) is 10.9 Å². The van der Waals surface area contributed by atoms with E-state index in [1.807, 2.05) is 24.3 Å². The summed E-state index contributed by atoms with van der Waals surface area (Å²) in [5, 5.41) is 0.813. The van der Waals surface area contributed by atoms with Gasteiger partial charge < -0.3 is 13.9 Å². The quantitative estimate of drug-likeness (QED) is 0.650. The molecule has 1 aliphatic heterocycles. The fourth-order valence-electron chi connectivity index (χ4n) is 4.03. The molecule has 0 bridgehead atoms. The summed E-state index contributed by atoms with van der Waals surface area (Å²) in [7, 11) is 1.68. The first-order valence-corrected chi connectivity index (χ1v) is 9.39. The summed E-state index contributed by atoms with van der Waals surface area (Å²) < 4.78 is 18.8. The lowest BCUT2D eigenvalue weighted by Gasteiger charge is -2.29. The summed E-state index contributed by atoms with van der Waals surface area (Å²) in [5.41, 5.74) is 4.50. The molecule has 5 nitrogen and oxygen atoms in total.